The highest BCUT2D eigenvalue weighted by atomic mass is 32.1. The minimum absolute atomic E-state index is 0.131. The van der Waals surface area contributed by atoms with Gasteiger partial charge in [0.2, 0.25) is 0 Å². The lowest BCUT2D eigenvalue weighted by molar-refractivity contribution is 0.175. The molecule has 0 amide bonds. The summed E-state index contributed by atoms with van der Waals surface area (Å²) in [5.41, 5.74) is 15.5. The van der Waals surface area contributed by atoms with Crippen LogP contribution in [0.2, 0.25) is 0 Å². The Morgan fingerprint density at radius 3 is 1.64 bits per heavy atom. The molecular weight excluding hydrogens is 691 g/mol. The molecule has 0 radical (unpaired) electrons. The van der Waals surface area contributed by atoms with Crippen LogP contribution in [-0.4, -0.2) is 13.2 Å². The van der Waals surface area contributed by atoms with E-state index in [2.05, 4.69) is 189 Å². The quantitative estimate of drug-likeness (QED) is 0.163. The van der Waals surface area contributed by atoms with E-state index < -0.39 is 0 Å². The maximum Gasteiger partial charge on any atom is 0.180 e. The standard InChI is InChI=1S/C51H39NO2S/c1-51(2)44-21-13-12-20-41(44)42-28-27-40(33-45(42)51)52(46-29-24-38(34-14-6-3-7-15-34)32-43(46)35-16-8-4-9-17-35)39-25-22-37(23-26-39)50-48-47(53-30-31-54-48)49(55-50)36-18-10-5-11-19-36/h3-29,32-33H,30-31H2,1-2H3. The van der Waals surface area contributed by atoms with Crippen LogP contribution in [0.25, 0.3) is 54.3 Å². The zero-order chi connectivity index (χ0) is 36.9. The fraction of sp³-hybridized carbons (Fsp3) is 0.0980. The van der Waals surface area contributed by atoms with E-state index in [1.54, 1.807) is 11.3 Å². The van der Waals surface area contributed by atoms with Crippen molar-refractivity contribution >= 4 is 28.4 Å². The number of benzene rings is 7. The molecule has 0 fully saturated rings. The normalized spacial score (nSPS) is 13.6. The molecule has 8 aromatic rings. The first-order valence-electron chi connectivity index (χ1n) is 18.9. The fourth-order valence-corrected chi connectivity index (χ4v) is 9.53. The fourth-order valence-electron chi connectivity index (χ4n) is 8.33. The largest absolute Gasteiger partial charge is 0.485 e. The number of fused-ring (bicyclic) bond motifs is 4. The van der Waals surface area contributed by atoms with Gasteiger partial charge in [0.1, 0.15) is 13.2 Å². The molecule has 0 atom stereocenters. The molecule has 0 bridgehead atoms. The highest BCUT2D eigenvalue weighted by molar-refractivity contribution is 7.19. The van der Waals surface area contributed by atoms with E-state index in [9.17, 15) is 0 Å². The number of ether oxygens (including phenoxy) is 2. The lowest BCUT2D eigenvalue weighted by atomic mass is 9.82. The molecule has 0 N–H and O–H groups in total. The zero-order valence-corrected chi connectivity index (χ0v) is 31.6. The molecule has 0 spiro atoms. The number of anilines is 3. The van der Waals surface area contributed by atoms with Crippen LogP contribution in [0.4, 0.5) is 17.1 Å². The Bertz CT molecular complexity index is 2660. The van der Waals surface area contributed by atoms with Gasteiger partial charge in [-0.25, -0.2) is 0 Å². The number of nitrogens with zero attached hydrogens (tertiary/aromatic N) is 1. The molecule has 3 nitrogen and oxygen atoms in total. The second kappa shape index (κ2) is 13.5. The van der Waals surface area contributed by atoms with Gasteiger partial charge in [-0.2, -0.15) is 0 Å². The predicted octanol–water partition coefficient (Wildman–Crippen LogP) is 14.0. The molecule has 10 rings (SSSR count). The molecule has 4 heteroatoms. The van der Waals surface area contributed by atoms with E-state index in [0.717, 1.165) is 49.4 Å². The van der Waals surface area contributed by atoms with Crippen LogP contribution in [0.1, 0.15) is 25.0 Å². The zero-order valence-electron chi connectivity index (χ0n) is 30.8. The Balaban J connectivity index is 1.15. The van der Waals surface area contributed by atoms with E-state index >= 15 is 0 Å². The first-order valence-corrected chi connectivity index (χ1v) is 19.7. The second-order valence-corrected chi connectivity index (χ2v) is 15.7. The van der Waals surface area contributed by atoms with Crippen molar-refractivity contribution in [3.8, 4) is 65.8 Å². The molecule has 0 unspecified atom stereocenters. The van der Waals surface area contributed by atoms with Crippen molar-refractivity contribution in [1.29, 1.82) is 0 Å². The maximum absolute atomic E-state index is 6.30. The smallest absolute Gasteiger partial charge is 0.180 e. The molecule has 0 saturated heterocycles. The van der Waals surface area contributed by atoms with Gasteiger partial charge in [-0.05, 0) is 86.5 Å². The first kappa shape index (κ1) is 33.2. The molecular formula is C51H39NO2S. The highest BCUT2D eigenvalue weighted by Gasteiger charge is 2.36. The van der Waals surface area contributed by atoms with E-state index in [1.807, 2.05) is 6.07 Å². The van der Waals surface area contributed by atoms with Crippen LogP contribution in [0, 0.1) is 0 Å². The van der Waals surface area contributed by atoms with Crippen molar-refractivity contribution in [2.45, 2.75) is 19.3 Å². The third kappa shape index (κ3) is 5.73. The lowest BCUT2D eigenvalue weighted by Gasteiger charge is -2.30. The average molecular weight is 730 g/mol. The van der Waals surface area contributed by atoms with Crippen LogP contribution in [0.15, 0.2) is 176 Å². The summed E-state index contributed by atoms with van der Waals surface area (Å²) in [6.07, 6.45) is 0. The SMILES string of the molecule is CC1(C)c2ccccc2-c2ccc(N(c3ccc(-c4sc(-c5ccccc5)c5c4OCCO5)cc3)c3ccc(-c4ccccc4)cc3-c3ccccc3)cc21. The summed E-state index contributed by atoms with van der Waals surface area (Å²) in [5, 5.41) is 0. The van der Waals surface area contributed by atoms with Gasteiger partial charge in [-0.15, -0.1) is 11.3 Å². The lowest BCUT2D eigenvalue weighted by Crippen LogP contribution is -2.17. The van der Waals surface area contributed by atoms with Crippen molar-refractivity contribution in [3.05, 3.63) is 187 Å². The first-order chi connectivity index (χ1) is 27.0. The van der Waals surface area contributed by atoms with E-state index in [4.69, 9.17) is 9.47 Å². The molecule has 2 aliphatic rings. The third-order valence-electron chi connectivity index (χ3n) is 11.1. The van der Waals surface area contributed by atoms with Crippen molar-refractivity contribution in [1.82, 2.24) is 0 Å². The molecule has 1 aliphatic carbocycles. The summed E-state index contributed by atoms with van der Waals surface area (Å²) < 4.78 is 12.5. The summed E-state index contributed by atoms with van der Waals surface area (Å²) in [4.78, 5) is 4.61. The van der Waals surface area contributed by atoms with E-state index in [-0.39, 0.29) is 5.41 Å². The van der Waals surface area contributed by atoms with Gasteiger partial charge in [0.05, 0.1) is 15.4 Å². The summed E-state index contributed by atoms with van der Waals surface area (Å²) in [7, 11) is 0. The maximum atomic E-state index is 6.30. The van der Waals surface area contributed by atoms with Gasteiger partial charge in [-0.3, -0.25) is 0 Å². The van der Waals surface area contributed by atoms with Crippen molar-refractivity contribution < 1.29 is 9.47 Å². The van der Waals surface area contributed by atoms with Gasteiger partial charge in [0.15, 0.2) is 11.5 Å². The van der Waals surface area contributed by atoms with Gasteiger partial charge < -0.3 is 14.4 Å². The summed E-state index contributed by atoms with van der Waals surface area (Å²) in [5.74, 6) is 1.68. The highest BCUT2D eigenvalue weighted by Crippen LogP contribution is 2.55. The molecule has 266 valence electrons. The number of hydrogen-bond donors (Lipinski definition) is 0. The molecule has 0 saturated carbocycles. The van der Waals surface area contributed by atoms with E-state index in [1.165, 1.54) is 44.5 Å². The molecule has 2 heterocycles. The topological polar surface area (TPSA) is 21.7 Å². The summed E-state index contributed by atoms with van der Waals surface area (Å²) >= 11 is 1.73. The van der Waals surface area contributed by atoms with Crippen LogP contribution in [0.3, 0.4) is 0 Å². The van der Waals surface area contributed by atoms with Crippen molar-refractivity contribution in [2.24, 2.45) is 0 Å². The van der Waals surface area contributed by atoms with Crippen LogP contribution in [0.5, 0.6) is 11.5 Å². The van der Waals surface area contributed by atoms with Gasteiger partial charge >= 0.3 is 0 Å². The number of rotatable bonds is 7. The Hall–Kier alpha value is -6.36. The van der Waals surface area contributed by atoms with Crippen LogP contribution >= 0.6 is 11.3 Å². The monoisotopic (exact) mass is 729 g/mol. The average Bonchev–Trinajstić information content (AvgIpc) is 3.75. The van der Waals surface area contributed by atoms with Gasteiger partial charge in [0, 0.05) is 22.4 Å². The Morgan fingerprint density at radius 1 is 0.436 bits per heavy atom. The number of thiophene rings is 1. The molecule has 7 aromatic carbocycles. The van der Waals surface area contributed by atoms with Crippen LogP contribution < -0.4 is 14.4 Å². The second-order valence-electron chi connectivity index (χ2n) is 14.7. The van der Waals surface area contributed by atoms with Crippen molar-refractivity contribution in [3.63, 3.8) is 0 Å². The number of hydrogen-bond acceptors (Lipinski definition) is 4. The van der Waals surface area contributed by atoms with Gasteiger partial charge in [-0.1, -0.05) is 153 Å². The van der Waals surface area contributed by atoms with Gasteiger partial charge in [0.25, 0.3) is 0 Å². The molecule has 1 aliphatic heterocycles. The minimum Gasteiger partial charge on any atom is -0.485 e. The van der Waals surface area contributed by atoms with Crippen LogP contribution in [-0.2, 0) is 5.41 Å². The van der Waals surface area contributed by atoms with E-state index in [0.29, 0.717) is 13.2 Å². The third-order valence-corrected chi connectivity index (χ3v) is 12.3. The Labute approximate surface area is 326 Å². The predicted molar refractivity (Wildman–Crippen MR) is 229 cm³/mol. The summed E-state index contributed by atoms with van der Waals surface area (Å²) in [6.45, 7) is 5.78. The minimum atomic E-state index is -0.131. The summed E-state index contributed by atoms with van der Waals surface area (Å²) in [6, 6.07) is 63.6. The molecule has 1 aromatic heterocycles. The Morgan fingerprint density at radius 2 is 0.964 bits per heavy atom. The molecule has 55 heavy (non-hydrogen) atoms. The van der Waals surface area contributed by atoms with Crippen molar-refractivity contribution in [2.75, 3.05) is 18.1 Å². The Kier molecular flexibility index (Phi) is 8.15.